The number of carbonyl (C=O) groups excluding carboxylic acids is 1. The second-order valence-corrected chi connectivity index (χ2v) is 5.27. The van der Waals surface area contributed by atoms with E-state index in [0.717, 1.165) is 12.1 Å². The molecule has 1 aliphatic carbocycles. The van der Waals surface area contributed by atoms with Crippen LogP contribution in [0.1, 0.15) is 37.8 Å². The highest BCUT2D eigenvalue weighted by molar-refractivity contribution is 5.85. The standard InChI is InChI=1S/C14H20N2O.ClH/c1-14(8-5-9-14)10-16-13(17)12(15)11-6-3-2-4-7-11;/h2-4,6-7,12H,5,8-10,15H2,1H3,(H,16,17);1H. The van der Waals surface area contributed by atoms with E-state index in [1.54, 1.807) is 0 Å². The van der Waals surface area contributed by atoms with E-state index in [0.29, 0.717) is 5.41 Å². The van der Waals surface area contributed by atoms with Gasteiger partial charge in [0.1, 0.15) is 6.04 Å². The summed E-state index contributed by atoms with van der Waals surface area (Å²) < 4.78 is 0. The summed E-state index contributed by atoms with van der Waals surface area (Å²) in [6.07, 6.45) is 3.68. The molecule has 3 N–H and O–H groups in total. The number of rotatable bonds is 4. The number of halogens is 1. The Bertz CT molecular complexity index is 390. The van der Waals surface area contributed by atoms with E-state index in [4.69, 9.17) is 5.73 Å². The van der Waals surface area contributed by atoms with E-state index >= 15 is 0 Å². The largest absolute Gasteiger partial charge is 0.354 e. The first-order valence-electron chi connectivity index (χ1n) is 6.19. The van der Waals surface area contributed by atoms with Crippen molar-refractivity contribution >= 4 is 18.3 Å². The van der Waals surface area contributed by atoms with Gasteiger partial charge in [-0.2, -0.15) is 0 Å². The summed E-state index contributed by atoms with van der Waals surface area (Å²) in [5.41, 5.74) is 7.08. The van der Waals surface area contributed by atoms with Gasteiger partial charge in [-0.25, -0.2) is 0 Å². The molecular formula is C14H21ClN2O. The molecule has 3 nitrogen and oxygen atoms in total. The fourth-order valence-corrected chi connectivity index (χ4v) is 2.18. The molecule has 1 fully saturated rings. The Labute approximate surface area is 115 Å². The van der Waals surface area contributed by atoms with Crippen LogP contribution in [0.15, 0.2) is 30.3 Å². The van der Waals surface area contributed by atoms with Crippen LogP contribution in [0.2, 0.25) is 0 Å². The Morgan fingerprint density at radius 1 is 1.39 bits per heavy atom. The lowest BCUT2D eigenvalue weighted by molar-refractivity contribution is -0.123. The molecule has 1 aromatic carbocycles. The van der Waals surface area contributed by atoms with Crippen molar-refractivity contribution < 1.29 is 4.79 Å². The first kappa shape index (κ1) is 15.0. The zero-order valence-electron chi connectivity index (χ0n) is 10.7. The number of nitrogens with one attached hydrogen (secondary N) is 1. The summed E-state index contributed by atoms with van der Waals surface area (Å²) in [5.74, 6) is -0.0793. The summed E-state index contributed by atoms with van der Waals surface area (Å²) in [7, 11) is 0. The zero-order valence-corrected chi connectivity index (χ0v) is 11.5. The molecule has 2 rings (SSSR count). The minimum Gasteiger partial charge on any atom is -0.354 e. The van der Waals surface area contributed by atoms with Gasteiger partial charge < -0.3 is 11.1 Å². The van der Waals surface area contributed by atoms with Crippen LogP contribution in [0.25, 0.3) is 0 Å². The van der Waals surface area contributed by atoms with Crippen LogP contribution < -0.4 is 11.1 Å². The van der Waals surface area contributed by atoms with E-state index in [-0.39, 0.29) is 18.3 Å². The van der Waals surface area contributed by atoms with E-state index in [1.807, 2.05) is 30.3 Å². The molecule has 1 unspecified atom stereocenters. The lowest BCUT2D eigenvalue weighted by Crippen LogP contribution is -2.43. The van der Waals surface area contributed by atoms with Gasteiger partial charge in [-0.15, -0.1) is 12.4 Å². The third kappa shape index (κ3) is 3.47. The van der Waals surface area contributed by atoms with E-state index in [2.05, 4.69) is 12.2 Å². The van der Waals surface area contributed by atoms with Crippen LogP contribution in [-0.4, -0.2) is 12.5 Å². The third-order valence-electron chi connectivity index (χ3n) is 3.69. The second-order valence-electron chi connectivity index (χ2n) is 5.27. The SMILES string of the molecule is CC1(CNC(=O)C(N)c2ccccc2)CCC1.Cl. The number of hydrogen-bond acceptors (Lipinski definition) is 2. The van der Waals surface area contributed by atoms with Crippen LogP contribution in [-0.2, 0) is 4.79 Å². The Balaban J connectivity index is 0.00000162. The van der Waals surface area contributed by atoms with Gasteiger partial charge in [-0.3, -0.25) is 4.79 Å². The Morgan fingerprint density at radius 2 is 2.00 bits per heavy atom. The number of nitrogens with two attached hydrogens (primary N) is 1. The van der Waals surface area contributed by atoms with E-state index < -0.39 is 6.04 Å². The maximum Gasteiger partial charge on any atom is 0.241 e. The molecule has 1 aliphatic rings. The van der Waals surface area contributed by atoms with Crippen molar-refractivity contribution in [3.63, 3.8) is 0 Å². The minimum atomic E-state index is -0.556. The predicted molar refractivity (Wildman–Crippen MR) is 75.6 cm³/mol. The molecule has 0 aromatic heterocycles. The van der Waals surface area contributed by atoms with Crippen LogP contribution in [0, 0.1) is 5.41 Å². The molecule has 1 atom stereocenters. The maximum atomic E-state index is 11.9. The summed E-state index contributed by atoms with van der Waals surface area (Å²) in [6.45, 7) is 2.96. The molecule has 1 aromatic rings. The molecular weight excluding hydrogens is 248 g/mol. The molecule has 0 heterocycles. The van der Waals surface area contributed by atoms with Crippen molar-refractivity contribution in [3.8, 4) is 0 Å². The van der Waals surface area contributed by atoms with Crippen molar-refractivity contribution in [2.24, 2.45) is 11.1 Å². The molecule has 1 amide bonds. The van der Waals surface area contributed by atoms with Crippen molar-refractivity contribution in [3.05, 3.63) is 35.9 Å². The van der Waals surface area contributed by atoms with Crippen molar-refractivity contribution in [1.82, 2.24) is 5.32 Å². The van der Waals surface area contributed by atoms with Gasteiger partial charge in [0.2, 0.25) is 5.91 Å². The summed E-state index contributed by atoms with van der Waals surface area (Å²) >= 11 is 0. The van der Waals surface area contributed by atoms with E-state index in [1.165, 1.54) is 19.3 Å². The van der Waals surface area contributed by atoms with Crippen molar-refractivity contribution in [2.75, 3.05) is 6.54 Å². The Morgan fingerprint density at radius 3 is 2.50 bits per heavy atom. The maximum absolute atomic E-state index is 11.9. The fraction of sp³-hybridized carbons (Fsp3) is 0.500. The summed E-state index contributed by atoms with van der Waals surface area (Å²) in [4.78, 5) is 11.9. The van der Waals surface area contributed by atoms with Gasteiger partial charge in [0.05, 0.1) is 0 Å². The second kappa shape index (κ2) is 6.21. The average molecular weight is 269 g/mol. The monoisotopic (exact) mass is 268 g/mol. The molecule has 0 aliphatic heterocycles. The quantitative estimate of drug-likeness (QED) is 0.881. The first-order valence-corrected chi connectivity index (χ1v) is 6.19. The number of benzene rings is 1. The number of amides is 1. The van der Waals surface area contributed by atoms with Gasteiger partial charge in [0.15, 0.2) is 0 Å². The third-order valence-corrected chi connectivity index (χ3v) is 3.69. The highest BCUT2D eigenvalue weighted by Gasteiger charge is 2.32. The normalized spacial score (nSPS) is 18.1. The van der Waals surface area contributed by atoms with Gasteiger partial charge >= 0.3 is 0 Å². The molecule has 4 heteroatoms. The van der Waals surface area contributed by atoms with Gasteiger partial charge in [0.25, 0.3) is 0 Å². The van der Waals surface area contributed by atoms with Crippen LogP contribution in [0.4, 0.5) is 0 Å². The highest BCUT2D eigenvalue weighted by atomic mass is 35.5. The zero-order chi connectivity index (χ0) is 12.3. The molecule has 0 bridgehead atoms. The highest BCUT2D eigenvalue weighted by Crippen LogP contribution is 2.39. The topological polar surface area (TPSA) is 55.1 Å². The lowest BCUT2D eigenvalue weighted by Gasteiger charge is -2.38. The fourth-order valence-electron chi connectivity index (χ4n) is 2.18. The first-order chi connectivity index (χ1) is 8.11. The van der Waals surface area contributed by atoms with Crippen molar-refractivity contribution in [2.45, 2.75) is 32.2 Å². The van der Waals surface area contributed by atoms with E-state index in [9.17, 15) is 4.79 Å². The molecule has 0 radical (unpaired) electrons. The molecule has 0 spiro atoms. The van der Waals surface area contributed by atoms with Gasteiger partial charge in [0, 0.05) is 6.54 Å². The Kier molecular flexibility index (Phi) is 5.17. The number of hydrogen-bond donors (Lipinski definition) is 2. The smallest absolute Gasteiger partial charge is 0.241 e. The van der Waals surface area contributed by atoms with Gasteiger partial charge in [-0.1, -0.05) is 43.7 Å². The minimum absolute atomic E-state index is 0. The van der Waals surface area contributed by atoms with Crippen LogP contribution in [0.3, 0.4) is 0 Å². The predicted octanol–water partition coefficient (Wildman–Crippen LogP) is 2.41. The van der Waals surface area contributed by atoms with Crippen LogP contribution >= 0.6 is 12.4 Å². The molecule has 0 saturated heterocycles. The van der Waals surface area contributed by atoms with Crippen molar-refractivity contribution in [1.29, 1.82) is 0 Å². The summed E-state index contributed by atoms with van der Waals surface area (Å²) in [5, 5.41) is 2.96. The van der Waals surface area contributed by atoms with Gasteiger partial charge in [-0.05, 0) is 23.8 Å². The molecule has 18 heavy (non-hydrogen) atoms. The average Bonchev–Trinajstić information content (AvgIpc) is 2.33. The molecule has 100 valence electrons. The summed E-state index contributed by atoms with van der Waals surface area (Å²) in [6, 6.07) is 8.93. The Hall–Kier alpha value is -1.06. The lowest BCUT2D eigenvalue weighted by atomic mass is 9.70. The molecule has 1 saturated carbocycles. The number of carbonyl (C=O) groups is 1. The van der Waals surface area contributed by atoms with Crippen LogP contribution in [0.5, 0.6) is 0 Å².